The Bertz CT molecular complexity index is 2420. The number of unbranched alkanes of at least 4 members (excludes halogenated alkanes) is 3. The van der Waals surface area contributed by atoms with Crippen molar-refractivity contribution < 1.29 is 52.4 Å². The van der Waals surface area contributed by atoms with Gasteiger partial charge in [-0.15, -0.1) is 0 Å². The number of carbonyl (C=O) groups is 5. The van der Waals surface area contributed by atoms with Crippen LogP contribution < -0.4 is 18.9 Å². The molecule has 11 nitrogen and oxygen atoms in total. The van der Waals surface area contributed by atoms with E-state index >= 15 is 0 Å². The summed E-state index contributed by atoms with van der Waals surface area (Å²) in [6.45, 7) is 1.85. The molecule has 2 saturated heterocycles. The second kappa shape index (κ2) is 19.6. The predicted octanol–water partition coefficient (Wildman–Crippen LogP) is 9.09. The number of ether oxygens (including phenoxy) is 6. The molecular formula is C51H46O11. The molecule has 8 rings (SSSR count). The Kier molecular flexibility index (Phi) is 13.2. The van der Waals surface area contributed by atoms with Crippen molar-refractivity contribution in [2.24, 2.45) is 11.8 Å². The molecule has 316 valence electrons. The average Bonchev–Trinajstić information content (AvgIpc) is 3.80. The van der Waals surface area contributed by atoms with E-state index in [1.165, 1.54) is 0 Å². The highest BCUT2D eigenvalue weighted by molar-refractivity contribution is 6.06. The zero-order valence-corrected chi connectivity index (χ0v) is 34.1. The molecule has 2 aliphatic heterocycles. The Morgan fingerprint density at radius 1 is 0.532 bits per heavy atom. The molecular weight excluding hydrogens is 789 g/mol. The molecule has 0 saturated carbocycles. The van der Waals surface area contributed by atoms with Gasteiger partial charge in [0.1, 0.15) is 36.2 Å². The molecule has 5 aromatic rings. The Labute approximate surface area is 359 Å². The quantitative estimate of drug-likeness (QED) is 0.0259. The molecule has 4 unspecified atom stereocenters. The zero-order valence-electron chi connectivity index (χ0n) is 34.1. The van der Waals surface area contributed by atoms with Gasteiger partial charge < -0.3 is 28.4 Å². The lowest BCUT2D eigenvalue weighted by Gasteiger charge is -2.33. The van der Waals surface area contributed by atoms with Crippen LogP contribution >= 0.6 is 0 Å². The fourth-order valence-electron chi connectivity index (χ4n) is 8.23. The Hall–Kier alpha value is -7.01. The van der Waals surface area contributed by atoms with Crippen LogP contribution in [0.4, 0.5) is 0 Å². The summed E-state index contributed by atoms with van der Waals surface area (Å²) in [6, 6.07) is 38.1. The van der Waals surface area contributed by atoms with E-state index in [2.05, 4.69) is 0 Å². The third kappa shape index (κ3) is 10.1. The van der Waals surface area contributed by atoms with Crippen LogP contribution in [0.1, 0.15) is 77.4 Å². The first-order valence-electron chi connectivity index (χ1n) is 21.0. The van der Waals surface area contributed by atoms with Gasteiger partial charge in [-0.05, 0) is 120 Å². The van der Waals surface area contributed by atoms with Crippen molar-refractivity contribution in [3.8, 4) is 34.1 Å². The summed E-state index contributed by atoms with van der Waals surface area (Å²) in [5.74, 6) is -2.13. The Morgan fingerprint density at radius 3 is 1.68 bits per heavy atom. The molecule has 0 N–H and O–H groups in total. The minimum absolute atomic E-state index is 0.0391. The van der Waals surface area contributed by atoms with Crippen molar-refractivity contribution >= 4 is 35.7 Å². The van der Waals surface area contributed by atoms with Gasteiger partial charge in [-0.25, -0.2) is 0 Å². The van der Waals surface area contributed by atoms with E-state index in [1.807, 2.05) is 97.1 Å². The van der Waals surface area contributed by atoms with Crippen LogP contribution in [-0.4, -0.2) is 56.1 Å². The van der Waals surface area contributed by atoms with Gasteiger partial charge in [0, 0.05) is 5.56 Å². The molecule has 2 heterocycles. The monoisotopic (exact) mass is 834 g/mol. The third-order valence-electron chi connectivity index (χ3n) is 11.5. The maximum Gasteiger partial charge on any atom is 0.321 e. The van der Waals surface area contributed by atoms with Crippen molar-refractivity contribution in [1.29, 1.82) is 0 Å². The van der Waals surface area contributed by atoms with E-state index in [1.54, 1.807) is 36.4 Å². The number of esters is 4. The largest absolute Gasteiger partial charge is 0.494 e. The smallest absolute Gasteiger partial charge is 0.321 e. The number of ketones is 1. The summed E-state index contributed by atoms with van der Waals surface area (Å²) in [5, 5.41) is 0. The Balaban J connectivity index is 0.709. The highest BCUT2D eigenvalue weighted by Gasteiger charge is 2.53. The summed E-state index contributed by atoms with van der Waals surface area (Å²) in [7, 11) is 0. The molecule has 0 spiro atoms. The van der Waals surface area contributed by atoms with Crippen molar-refractivity contribution in [3.63, 3.8) is 0 Å². The predicted molar refractivity (Wildman–Crippen MR) is 229 cm³/mol. The maximum absolute atomic E-state index is 12.7. The molecule has 0 amide bonds. The number of benzene rings is 5. The van der Waals surface area contributed by atoms with Crippen LogP contribution in [0.25, 0.3) is 17.2 Å². The minimum atomic E-state index is -0.751. The van der Waals surface area contributed by atoms with Gasteiger partial charge in [-0.1, -0.05) is 78.9 Å². The van der Waals surface area contributed by atoms with Gasteiger partial charge >= 0.3 is 23.9 Å². The van der Waals surface area contributed by atoms with Crippen molar-refractivity contribution in [1.82, 2.24) is 0 Å². The van der Waals surface area contributed by atoms with Gasteiger partial charge in [-0.2, -0.15) is 0 Å². The number of hydrogen-bond donors (Lipinski definition) is 0. The second-order valence-corrected chi connectivity index (χ2v) is 15.6. The second-order valence-electron chi connectivity index (χ2n) is 15.6. The highest BCUT2D eigenvalue weighted by atomic mass is 16.6. The SMILES string of the molecule is O=C1CC(C2CC3C(=O)OC(=O)C3c3cc(OCCCCCCOc4ccc(-c5ccc(OCCOc6ccc(C=CC(=O)c7ccccc7)cc6)cc5)cc4)ccc32)C(=O)O1. The first-order valence-corrected chi connectivity index (χ1v) is 21.0. The summed E-state index contributed by atoms with van der Waals surface area (Å²) in [5.41, 5.74) is 5.06. The van der Waals surface area contributed by atoms with Crippen LogP contribution in [0, 0.1) is 11.8 Å². The number of cyclic esters (lactones) is 4. The number of rotatable bonds is 19. The van der Waals surface area contributed by atoms with Crippen molar-refractivity contribution in [2.75, 3.05) is 26.4 Å². The summed E-state index contributed by atoms with van der Waals surface area (Å²) >= 11 is 0. The molecule has 3 aliphatic rings. The lowest BCUT2D eigenvalue weighted by atomic mass is 9.67. The van der Waals surface area contributed by atoms with E-state index in [4.69, 9.17) is 28.4 Å². The van der Waals surface area contributed by atoms with E-state index < -0.39 is 47.5 Å². The van der Waals surface area contributed by atoms with Crippen LogP contribution in [0.5, 0.6) is 23.0 Å². The number of hydrogen-bond acceptors (Lipinski definition) is 11. The first kappa shape index (κ1) is 41.7. The lowest BCUT2D eigenvalue weighted by Crippen LogP contribution is -2.31. The van der Waals surface area contributed by atoms with E-state index in [0.29, 0.717) is 43.3 Å². The van der Waals surface area contributed by atoms with Crippen molar-refractivity contribution in [2.45, 2.75) is 50.4 Å². The van der Waals surface area contributed by atoms with Gasteiger partial charge in [-0.3, -0.25) is 24.0 Å². The molecule has 0 radical (unpaired) electrons. The summed E-state index contributed by atoms with van der Waals surface area (Å²) < 4.78 is 33.5. The van der Waals surface area contributed by atoms with Gasteiger partial charge in [0.15, 0.2) is 5.78 Å². The fraction of sp³-hybridized carbons (Fsp3) is 0.275. The normalized spacial score (nSPS) is 19.1. The number of fused-ring (bicyclic) bond motifs is 3. The van der Waals surface area contributed by atoms with Gasteiger partial charge in [0.25, 0.3) is 0 Å². The van der Waals surface area contributed by atoms with E-state index in [-0.39, 0.29) is 18.6 Å². The summed E-state index contributed by atoms with van der Waals surface area (Å²) in [4.78, 5) is 61.8. The van der Waals surface area contributed by atoms with Crippen molar-refractivity contribution in [3.05, 3.63) is 150 Å². The lowest BCUT2D eigenvalue weighted by molar-refractivity contribution is -0.155. The molecule has 11 heteroatoms. The van der Waals surface area contributed by atoms with E-state index in [9.17, 15) is 24.0 Å². The van der Waals surface area contributed by atoms with Gasteiger partial charge in [0.05, 0.1) is 37.4 Å². The molecule has 0 bridgehead atoms. The molecule has 4 atom stereocenters. The molecule has 5 aromatic carbocycles. The van der Waals surface area contributed by atoms with E-state index in [0.717, 1.165) is 65.2 Å². The third-order valence-corrected chi connectivity index (χ3v) is 11.5. The van der Waals surface area contributed by atoms with Gasteiger partial charge in [0.2, 0.25) is 0 Å². The molecule has 2 fully saturated rings. The minimum Gasteiger partial charge on any atom is -0.494 e. The standard InChI is InChI=1S/C51H46O11/c52-46(36-8-4-3-5-9-36)25-12-33-10-17-37(18-11-33)59-28-29-60-39-21-15-35(16-22-39)34-13-19-38(20-14-34)57-26-6-1-2-7-27-58-40-23-24-41-42(44-32-47(53)61-49(44)54)31-45-48(43(41)30-40)51(56)62-50(45)55/h3-5,8-25,30,42,44-45,48H,1-2,6-7,26-29,31-32H2. The average molecular weight is 835 g/mol. The number of carbonyl (C=O) groups excluding carboxylic acids is 5. The molecule has 1 aliphatic carbocycles. The highest BCUT2D eigenvalue weighted by Crippen LogP contribution is 2.51. The molecule has 0 aromatic heterocycles. The summed E-state index contributed by atoms with van der Waals surface area (Å²) in [6.07, 6.45) is 7.18. The zero-order chi connectivity index (χ0) is 42.8. The van der Waals surface area contributed by atoms with Crippen LogP contribution in [0.15, 0.2) is 127 Å². The maximum atomic E-state index is 12.7. The van der Waals surface area contributed by atoms with Crippen LogP contribution in [-0.2, 0) is 28.7 Å². The topological polar surface area (TPSA) is 141 Å². The van der Waals surface area contributed by atoms with Crippen LogP contribution in [0.3, 0.4) is 0 Å². The number of allylic oxidation sites excluding steroid dienone is 1. The fourth-order valence-corrected chi connectivity index (χ4v) is 8.23. The molecule has 62 heavy (non-hydrogen) atoms. The Morgan fingerprint density at radius 2 is 1.08 bits per heavy atom. The van der Waals surface area contributed by atoms with Crippen LogP contribution in [0.2, 0.25) is 0 Å². The first-order chi connectivity index (χ1) is 30.3.